The molecule has 2 rings (SSSR count). The average molecular weight is 265 g/mol. The molecule has 3 atom stereocenters. The van der Waals surface area contributed by atoms with Crippen molar-refractivity contribution >= 4 is 0 Å². The van der Waals surface area contributed by atoms with Crippen LogP contribution in [-0.2, 0) is 0 Å². The van der Waals surface area contributed by atoms with Gasteiger partial charge in [0.05, 0.1) is 12.0 Å². The van der Waals surface area contributed by atoms with Gasteiger partial charge in [0.25, 0.3) is 0 Å². The summed E-state index contributed by atoms with van der Waals surface area (Å²) < 4.78 is 37.7. The van der Waals surface area contributed by atoms with Gasteiger partial charge in [0.1, 0.15) is 0 Å². The molecule has 0 aromatic rings. The third kappa shape index (κ3) is 3.60. The standard InChI is InChI=1S/C13H22F3NO/c14-13(15,16)11-6-7-17(9-11)8-10-4-2-1-3-5-12(10)18/h10-12,18H,1-9H2. The van der Waals surface area contributed by atoms with E-state index in [1.165, 1.54) is 0 Å². The second kappa shape index (κ2) is 5.78. The molecule has 18 heavy (non-hydrogen) atoms. The van der Waals surface area contributed by atoms with E-state index in [-0.39, 0.29) is 25.0 Å². The summed E-state index contributed by atoms with van der Waals surface area (Å²) in [5, 5.41) is 9.99. The number of aliphatic hydroxyl groups excluding tert-OH is 1. The molecule has 1 N–H and O–H groups in total. The van der Waals surface area contributed by atoms with Gasteiger partial charge < -0.3 is 10.0 Å². The maximum atomic E-state index is 12.6. The molecule has 2 nitrogen and oxygen atoms in total. The summed E-state index contributed by atoms with van der Waals surface area (Å²) in [5.41, 5.74) is 0. The number of aliphatic hydroxyl groups is 1. The van der Waals surface area contributed by atoms with Crippen molar-refractivity contribution in [1.29, 1.82) is 0 Å². The summed E-state index contributed by atoms with van der Waals surface area (Å²) in [7, 11) is 0. The first kappa shape index (κ1) is 14.1. The Labute approximate surface area is 106 Å². The monoisotopic (exact) mass is 265 g/mol. The van der Waals surface area contributed by atoms with E-state index in [0.29, 0.717) is 13.1 Å². The van der Waals surface area contributed by atoms with E-state index < -0.39 is 12.1 Å². The Morgan fingerprint density at radius 1 is 1.06 bits per heavy atom. The van der Waals surface area contributed by atoms with Crippen molar-refractivity contribution in [3.63, 3.8) is 0 Å². The van der Waals surface area contributed by atoms with Crippen LogP contribution in [0.2, 0.25) is 0 Å². The third-order valence-electron chi connectivity index (χ3n) is 4.35. The van der Waals surface area contributed by atoms with Gasteiger partial charge in [0.15, 0.2) is 0 Å². The lowest BCUT2D eigenvalue weighted by Crippen LogP contribution is -2.35. The van der Waals surface area contributed by atoms with Crippen LogP contribution in [0.5, 0.6) is 0 Å². The van der Waals surface area contributed by atoms with Crippen LogP contribution >= 0.6 is 0 Å². The maximum Gasteiger partial charge on any atom is 0.393 e. The Morgan fingerprint density at radius 2 is 1.78 bits per heavy atom. The molecule has 2 aliphatic rings. The van der Waals surface area contributed by atoms with Crippen molar-refractivity contribution in [1.82, 2.24) is 4.90 Å². The highest BCUT2D eigenvalue weighted by Crippen LogP contribution is 2.34. The summed E-state index contributed by atoms with van der Waals surface area (Å²) in [4.78, 5) is 1.89. The predicted octanol–water partition coefficient (Wildman–Crippen LogP) is 2.81. The SMILES string of the molecule is OC1CCCCCC1CN1CCC(C(F)(F)F)C1. The zero-order valence-electron chi connectivity index (χ0n) is 10.6. The summed E-state index contributed by atoms with van der Waals surface area (Å²) >= 11 is 0. The van der Waals surface area contributed by atoms with Crippen molar-refractivity contribution in [2.45, 2.75) is 50.8 Å². The van der Waals surface area contributed by atoms with Gasteiger partial charge in [-0.2, -0.15) is 13.2 Å². The number of halogens is 3. The second-order valence-corrected chi connectivity index (χ2v) is 5.75. The second-order valence-electron chi connectivity index (χ2n) is 5.75. The summed E-state index contributed by atoms with van der Waals surface area (Å²) in [6.07, 6.45) is 0.871. The van der Waals surface area contributed by atoms with E-state index in [2.05, 4.69) is 0 Å². The average Bonchev–Trinajstić information content (AvgIpc) is 2.66. The van der Waals surface area contributed by atoms with Crippen LogP contribution in [-0.4, -0.2) is 41.9 Å². The molecule has 0 aromatic heterocycles. The Hall–Kier alpha value is -0.290. The Bertz CT molecular complexity index is 269. The lowest BCUT2D eigenvalue weighted by molar-refractivity contribution is -0.170. The normalized spacial score (nSPS) is 35.7. The Kier molecular flexibility index (Phi) is 4.54. The lowest BCUT2D eigenvalue weighted by atomic mass is 9.97. The van der Waals surface area contributed by atoms with Crippen LogP contribution in [0.25, 0.3) is 0 Å². The third-order valence-corrected chi connectivity index (χ3v) is 4.35. The zero-order valence-corrected chi connectivity index (χ0v) is 10.6. The molecule has 3 unspecified atom stereocenters. The van der Waals surface area contributed by atoms with Crippen LogP contribution < -0.4 is 0 Å². The molecule has 0 amide bonds. The van der Waals surface area contributed by atoms with E-state index in [4.69, 9.17) is 0 Å². The van der Waals surface area contributed by atoms with Crippen LogP contribution in [0.4, 0.5) is 13.2 Å². The van der Waals surface area contributed by atoms with E-state index in [1.54, 1.807) is 0 Å². The number of nitrogens with zero attached hydrogens (tertiary/aromatic N) is 1. The van der Waals surface area contributed by atoms with Crippen molar-refractivity contribution in [3.8, 4) is 0 Å². The molecule has 106 valence electrons. The molecule has 5 heteroatoms. The summed E-state index contributed by atoms with van der Waals surface area (Å²) in [5.74, 6) is -1.00. The van der Waals surface area contributed by atoms with Gasteiger partial charge in [0.2, 0.25) is 0 Å². The Balaban J connectivity index is 1.83. The van der Waals surface area contributed by atoms with Crippen LogP contribution in [0, 0.1) is 11.8 Å². The van der Waals surface area contributed by atoms with Gasteiger partial charge in [-0.05, 0) is 31.7 Å². The van der Waals surface area contributed by atoms with Gasteiger partial charge in [-0.25, -0.2) is 0 Å². The van der Waals surface area contributed by atoms with E-state index in [1.807, 2.05) is 4.90 Å². The van der Waals surface area contributed by atoms with Crippen LogP contribution in [0.1, 0.15) is 38.5 Å². The van der Waals surface area contributed by atoms with Gasteiger partial charge >= 0.3 is 6.18 Å². The number of hydrogen-bond donors (Lipinski definition) is 1. The molecule has 0 bridgehead atoms. The van der Waals surface area contributed by atoms with Crippen molar-refractivity contribution in [2.24, 2.45) is 11.8 Å². The highest BCUT2D eigenvalue weighted by atomic mass is 19.4. The molecule has 1 aliphatic carbocycles. The van der Waals surface area contributed by atoms with Crippen molar-refractivity contribution in [3.05, 3.63) is 0 Å². The quantitative estimate of drug-likeness (QED) is 0.776. The number of likely N-dealkylation sites (tertiary alicyclic amines) is 1. The first-order valence-electron chi connectivity index (χ1n) is 6.94. The first-order chi connectivity index (χ1) is 8.47. The molecule has 0 spiro atoms. The molecular weight excluding hydrogens is 243 g/mol. The summed E-state index contributed by atoms with van der Waals surface area (Å²) in [6, 6.07) is 0. The first-order valence-corrected chi connectivity index (χ1v) is 6.94. The van der Waals surface area contributed by atoms with Gasteiger partial charge in [0, 0.05) is 13.1 Å². The minimum atomic E-state index is -4.06. The van der Waals surface area contributed by atoms with Gasteiger partial charge in [-0.1, -0.05) is 19.3 Å². The van der Waals surface area contributed by atoms with Gasteiger partial charge in [-0.3, -0.25) is 0 Å². The largest absolute Gasteiger partial charge is 0.393 e. The summed E-state index contributed by atoms with van der Waals surface area (Å²) in [6.45, 7) is 1.27. The van der Waals surface area contributed by atoms with Gasteiger partial charge in [-0.15, -0.1) is 0 Å². The highest BCUT2D eigenvalue weighted by Gasteiger charge is 2.43. The molecular formula is C13H22F3NO. The van der Waals surface area contributed by atoms with E-state index in [9.17, 15) is 18.3 Å². The molecule has 1 saturated carbocycles. The fraction of sp³-hybridized carbons (Fsp3) is 1.00. The molecule has 1 aliphatic heterocycles. The minimum absolute atomic E-state index is 0.118. The Morgan fingerprint density at radius 3 is 2.44 bits per heavy atom. The minimum Gasteiger partial charge on any atom is -0.393 e. The maximum absolute atomic E-state index is 12.6. The highest BCUT2D eigenvalue weighted by molar-refractivity contribution is 4.84. The molecule has 0 radical (unpaired) electrons. The van der Waals surface area contributed by atoms with Crippen LogP contribution in [0.15, 0.2) is 0 Å². The smallest absolute Gasteiger partial charge is 0.393 e. The fourth-order valence-electron chi connectivity index (χ4n) is 3.18. The van der Waals surface area contributed by atoms with E-state index in [0.717, 1.165) is 32.1 Å². The zero-order chi connectivity index (χ0) is 13.2. The molecule has 0 aromatic carbocycles. The lowest BCUT2D eigenvalue weighted by Gasteiger charge is -2.26. The molecule has 1 heterocycles. The number of hydrogen-bond acceptors (Lipinski definition) is 2. The number of rotatable bonds is 2. The van der Waals surface area contributed by atoms with Crippen molar-refractivity contribution < 1.29 is 18.3 Å². The number of alkyl halides is 3. The molecule has 2 fully saturated rings. The topological polar surface area (TPSA) is 23.5 Å². The van der Waals surface area contributed by atoms with Crippen LogP contribution in [0.3, 0.4) is 0 Å². The predicted molar refractivity (Wildman–Crippen MR) is 63.2 cm³/mol. The van der Waals surface area contributed by atoms with Crippen molar-refractivity contribution in [2.75, 3.05) is 19.6 Å². The fourth-order valence-corrected chi connectivity index (χ4v) is 3.18. The van der Waals surface area contributed by atoms with E-state index >= 15 is 0 Å². The molecule has 1 saturated heterocycles.